The standard InChI is InChI=1S/C25H26N2O5/c1-2-19-11-13-22(14-12-19)32-18-24(28)26-27-25(29)20-7-6-10-23(17-20)31-16-15-30-21-8-4-3-5-9-21/h3-14,17H,2,15-16,18H2,1H3,(H,26,28)(H,27,29). The third-order valence-corrected chi connectivity index (χ3v) is 4.48. The van der Waals surface area contributed by atoms with Crippen LogP contribution in [0.1, 0.15) is 22.8 Å². The predicted molar refractivity (Wildman–Crippen MR) is 121 cm³/mol. The van der Waals surface area contributed by atoms with E-state index in [0.717, 1.165) is 12.2 Å². The largest absolute Gasteiger partial charge is 0.490 e. The maximum absolute atomic E-state index is 12.3. The molecule has 7 heteroatoms. The Labute approximate surface area is 187 Å². The second kappa shape index (κ2) is 12.0. The van der Waals surface area contributed by atoms with Crippen molar-refractivity contribution in [1.82, 2.24) is 10.9 Å². The first-order chi connectivity index (χ1) is 15.6. The highest BCUT2D eigenvalue weighted by atomic mass is 16.5. The minimum atomic E-state index is -0.469. The Morgan fingerprint density at radius 2 is 1.38 bits per heavy atom. The molecule has 3 aromatic rings. The third-order valence-electron chi connectivity index (χ3n) is 4.48. The highest BCUT2D eigenvalue weighted by Gasteiger charge is 2.09. The lowest BCUT2D eigenvalue weighted by atomic mass is 10.2. The normalized spacial score (nSPS) is 10.2. The molecule has 32 heavy (non-hydrogen) atoms. The number of carbonyl (C=O) groups is 2. The van der Waals surface area contributed by atoms with Crippen molar-refractivity contribution in [3.8, 4) is 17.2 Å². The van der Waals surface area contributed by atoms with Crippen LogP contribution >= 0.6 is 0 Å². The Hall–Kier alpha value is -4.00. The van der Waals surface area contributed by atoms with Gasteiger partial charge in [-0.1, -0.05) is 43.3 Å². The van der Waals surface area contributed by atoms with Crippen molar-refractivity contribution in [2.24, 2.45) is 0 Å². The summed E-state index contributed by atoms with van der Waals surface area (Å²) in [6, 6.07) is 23.6. The first-order valence-corrected chi connectivity index (χ1v) is 10.4. The fraction of sp³-hybridized carbons (Fsp3) is 0.200. The molecule has 2 N–H and O–H groups in total. The second-order valence-corrected chi connectivity index (χ2v) is 6.83. The van der Waals surface area contributed by atoms with Gasteiger partial charge in [0.05, 0.1) is 0 Å². The van der Waals surface area contributed by atoms with Gasteiger partial charge in [-0.2, -0.15) is 0 Å². The zero-order valence-corrected chi connectivity index (χ0v) is 17.9. The van der Waals surface area contributed by atoms with Crippen LogP contribution in [0.5, 0.6) is 17.2 Å². The van der Waals surface area contributed by atoms with E-state index in [1.165, 1.54) is 5.56 Å². The third kappa shape index (κ3) is 7.36. The van der Waals surface area contributed by atoms with Crippen LogP contribution in [0.3, 0.4) is 0 Å². The molecule has 0 bridgehead atoms. The van der Waals surface area contributed by atoms with E-state index in [1.807, 2.05) is 42.5 Å². The zero-order valence-electron chi connectivity index (χ0n) is 17.9. The summed E-state index contributed by atoms with van der Waals surface area (Å²) in [5.74, 6) is 0.950. The van der Waals surface area contributed by atoms with Gasteiger partial charge in [0, 0.05) is 5.56 Å². The van der Waals surface area contributed by atoms with E-state index in [1.54, 1.807) is 36.4 Å². The van der Waals surface area contributed by atoms with Gasteiger partial charge in [-0.25, -0.2) is 0 Å². The van der Waals surface area contributed by atoms with Crippen LogP contribution in [0.25, 0.3) is 0 Å². The van der Waals surface area contributed by atoms with Gasteiger partial charge >= 0.3 is 0 Å². The molecular weight excluding hydrogens is 408 g/mol. The Balaban J connectivity index is 1.39. The number of para-hydroxylation sites is 1. The fourth-order valence-electron chi connectivity index (χ4n) is 2.77. The summed E-state index contributed by atoms with van der Waals surface area (Å²) in [6.07, 6.45) is 0.931. The van der Waals surface area contributed by atoms with Crippen LogP contribution in [0.2, 0.25) is 0 Å². The van der Waals surface area contributed by atoms with Gasteiger partial charge in [-0.05, 0) is 54.4 Å². The number of benzene rings is 3. The lowest BCUT2D eigenvalue weighted by Crippen LogP contribution is -2.43. The number of nitrogens with one attached hydrogen (secondary N) is 2. The van der Waals surface area contributed by atoms with E-state index in [4.69, 9.17) is 14.2 Å². The number of aryl methyl sites for hydroxylation is 1. The fourth-order valence-corrected chi connectivity index (χ4v) is 2.77. The summed E-state index contributed by atoms with van der Waals surface area (Å²) in [5, 5.41) is 0. The molecule has 0 aliphatic rings. The van der Waals surface area contributed by atoms with Crippen molar-refractivity contribution in [3.05, 3.63) is 90.0 Å². The van der Waals surface area contributed by atoms with E-state index in [2.05, 4.69) is 17.8 Å². The topological polar surface area (TPSA) is 85.9 Å². The first-order valence-electron chi connectivity index (χ1n) is 10.4. The van der Waals surface area contributed by atoms with Crippen LogP contribution in [0.4, 0.5) is 0 Å². The van der Waals surface area contributed by atoms with Gasteiger partial charge in [-0.15, -0.1) is 0 Å². The van der Waals surface area contributed by atoms with E-state index in [9.17, 15) is 9.59 Å². The van der Waals surface area contributed by atoms with Crippen molar-refractivity contribution in [1.29, 1.82) is 0 Å². The number of carbonyl (C=O) groups excluding carboxylic acids is 2. The number of hydrogen-bond acceptors (Lipinski definition) is 5. The molecule has 0 saturated carbocycles. The predicted octanol–water partition coefficient (Wildman–Crippen LogP) is 3.55. The molecule has 0 aliphatic heterocycles. The first kappa shape index (κ1) is 22.7. The van der Waals surface area contributed by atoms with Crippen LogP contribution in [-0.2, 0) is 11.2 Å². The number of hydrogen-bond donors (Lipinski definition) is 2. The summed E-state index contributed by atoms with van der Waals surface area (Å²) < 4.78 is 16.6. The molecule has 3 rings (SSSR count). The second-order valence-electron chi connectivity index (χ2n) is 6.83. The van der Waals surface area contributed by atoms with Gasteiger partial charge in [0.25, 0.3) is 11.8 Å². The highest BCUT2D eigenvalue weighted by molar-refractivity contribution is 5.95. The van der Waals surface area contributed by atoms with Crippen LogP contribution in [0.15, 0.2) is 78.9 Å². The molecule has 0 unspecified atom stereocenters. The summed E-state index contributed by atoms with van der Waals surface area (Å²) in [5.41, 5.74) is 6.24. The van der Waals surface area contributed by atoms with Crippen molar-refractivity contribution in [3.63, 3.8) is 0 Å². The highest BCUT2D eigenvalue weighted by Crippen LogP contribution is 2.14. The zero-order chi connectivity index (χ0) is 22.6. The van der Waals surface area contributed by atoms with Crippen molar-refractivity contribution >= 4 is 11.8 Å². The lowest BCUT2D eigenvalue weighted by Gasteiger charge is -2.11. The van der Waals surface area contributed by atoms with Crippen molar-refractivity contribution in [2.45, 2.75) is 13.3 Å². The molecule has 0 radical (unpaired) electrons. The number of rotatable bonds is 10. The van der Waals surface area contributed by atoms with Gasteiger partial charge in [-0.3, -0.25) is 20.4 Å². The summed E-state index contributed by atoms with van der Waals surface area (Å²) >= 11 is 0. The van der Waals surface area contributed by atoms with Gasteiger partial charge < -0.3 is 14.2 Å². The van der Waals surface area contributed by atoms with Gasteiger partial charge in [0.2, 0.25) is 0 Å². The van der Waals surface area contributed by atoms with Crippen molar-refractivity contribution < 1.29 is 23.8 Å². The molecule has 0 aliphatic carbocycles. The molecule has 0 saturated heterocycles. The molecule has 0 atom stereocenters. The average molecular weight is 434 g/mol. The van der Waals surface area contributed by atoms with Crippen LogP contribution in [0, 0.1) is 0 Å². The molecule has 3 aromatic carbocycles. The quantitative estimate of drug-likeness (QED) is 0.377. The maximum atomic E-state index is 12.3. The maximum Gasteiger partial charge on any atom is 0.276 e. The Kier molecular flexibility index (Phi) is 8.50. The van der Waals surface area contributed by atoms with E-state index >= 15 is 0 Å². The van der Waals surface area contributed by atoms with Crippen molar-refractivity contribution in [2.75, 3.05) is 19.8 Å². The van der Waals surface area contributed by atoms with Gasteiger partial charge in [0.1, 0.15) is 30.5 Å². The number of ether oxygens (including phenoxy) is 3. The Morgan fingerprint density at radius 3 is 2.09 bits per heavy atom. The summed E-state index contributed by atoms with van der Waals surface area (Å²) in [7, 11) is 0. The smallest absolute Gasteiger partial charge is 0.276 e. The lowest BCUT2D eigenvalue weighted by molar-refractivity contribution is -0.123. The molecule has 0 aromatic heterocycles. The number of amides is 2. The van der Waals surface area contributed by atoms with E-state index in [0.29, 0.717) is 30.3 Å². The molecule has 166 valence electrons. The summed E-state index contributed by atoms with van der Waals surface area (Å²) in [4.78, 5) is 24.3. The van der Waals surface area contributed by atoms with E-state index in [-0.39, 0.29) is 6.61 Å². The Bertz CT molecular complexity index is 1010. The van der Waals surface area contributed by atoms with Crippen LogP contribution in [-0.4, -0.2) is 31.6 Å². The van der Waals surface area contributed by atoms with Crippen LogP contribution < -0.4 is 25.1 Å². The monoisotopic (exact) mass is 434 g/mol. The molecular formula is C25H26N2O5. The molecule has 0 fully saturated rings. The van der Waals surface area contributed by atoms with Gasteiger partial charge in [0.15, 0.2) is 6.61 Å². The average Bonchev–Trinajstić information content (AvgIpc) is 2.85. The SMILES string of the molecule is CCc1ccc(OCC(=O)NNC(=O)c2cccc(OCCOc3ccccc3)c2)cc1. The minimum absolute atomic E-state index is 0.212. The molecule has 0 spiro atoms. The Morgan fingerprint density at radius 1 is 0.719 bits per heavy atom. The number of hydrazine groups is 1. The molecule has 0 heterocycles. The van der Waals surface area contributed by atoms with E-state index < -0.39 is 11.8 Å². The molecule has 2 amide bonds. The summed E-state index contributed by atoms with van der Waals surface area (Å²) in [6.45, 7) is 2.55. The molecule has 7 nitrogen and oxygen atoms in total. The minimum Gasteiger partial charge on any atom is -0.490 e.